The Morgan fingerprint density at radius 1 is 1.38 bits per heavy atom. The number of amides is 1. The van der Waals surface area contributed by atoms with Crippen molar-refractivity contribution in [2.75, 3.05) is 7.05 Å². The lowest BCUT2D eigenvalue weighted by atomic mass is 9.88. The van der Waals surface area contributed by atoms with Crippen LogP contribution < -0.4 is 5.32 Å². The standard InChI is InChI=1S/C11H19NO/c1-6(11(13)12-3)8-4-9-7(2)10(9)5-8/h6-10H,4-5H2,1-3H3,(H,12,13). The third-order valence-electron chi connectivity index (χ3n) is 4.28. The molecule has 2 rings (SSSR count). The molecule has 2 saturated carbocycles. The van der Waals surface area contributed by atoms with E-state index in [2.05, 4.69) is 19.2 Å². The minimum absolute atomic E-state index is 0.221. The van der Waals surface area contributed by atoms with Crippen LogP contribution in [0.25, 0.3) is 0 Å². The predicted molar refractivity (Wildman–Crippen MR) is 52.1 cm³/mol. The summed E-state index contributed by atoms with van der Waals surface area (Å²) in [5.74, 6) is 3.97. The van der Waals surface area contributed by atoms with Crippen LogP contribution in [0.2, 0.25) is 0 Å². The Hall–Kier alpha value is -0.530. The Bertz CT molecular complexity index is 214. The lowest BCUT2D eigenvalue weighted by Gasteiger charge is -2.19. The molecule has 2 heteroatoms. The smallest absolute Gasteiger partial charge is 0.222 e. The molecule has 0 aromatic carbocycles. The molecule has 2 nitrogen and oxygen atoms in total. The van der Waals surface area contributed by atoms with Gasteiger partial charge in [-0.3, -0.25) is 4.79 Å². The number of carbonyl (C=O) groups is 1. The number of hydrogen-bond acceptors (Lipinski definition) is 1. The summed E-state index contributed by atoms with van der Waals surface area (Å²) in [4.78, 5) is 11.4. The number of nitrogens with one attached hydrogen (secondary N) is 1. The molecule has 13 heavy (non-hydrogen) atoms. The topological polar surface area (TPSA) is 29.1 Å². The van der Waals surface area contributed by atoms with E-state index in [0.717, 1.165) is 17.8 Å². The largest absolute Gasteiger partial charge is 0.359 e. The highest BCUT2D eigenvalue weighted by atomic mass is 16.1. The summed E-state index contributed by atoms with van der Waals surface area (Å²) in [7, 11) is 1.73. The second kappa shape index (κ2) is 3.00. The molecule has 3 unspecified atom stereocenters. The van der Waals surface area contributed by atoms with Gasteiger partial charge in [0.25, 0.3) is 0 Å². The zero-order valence-electron chi connectivity index (χ0n) is 8.71. The Morgan fingerprint density at radius 3 is 2.38 bits per heavy atom. The number of fused-ring (bicyclic) bond motifs is 1. The Labute approximate surface area is 80.1 Å². The third-order valence-corrected chi connectivity index (χ3v) is 4.28. The third kappa shape index (κ3) is 1.36. The second-order valence-corrected chi connectivity index (χ2v) is 4.82. The van der Waals surface area contributed by atoms with Crippen LogP contribution in [0, 0.1) is 29.6 Å². The summed E-state index contributed by atoms with van der Waals surface area (Å²) < 4.78 is 0. The van der Waals surface area contributed by atoms with E-state index < -0.39 is 0 Å². The van der Waals surface area contributed by atoms with Crippen molar-refractivity contribution >= 4 is 5.91 Å². The van der Waals surface area contributed by atoms with Gasteiger partial charge in [-0.2, -0.15) is 0 Å². The normalized spacial score (nSPS) is 43.9. The highest BCUT2D eigenvalue weighted by Gasteiger charge is 2.54. The van der Waals surface area contributed by atoms with Crippen LogP contribution in [0.15, 0.2) is 0 Å². The molecular weight excluding hydrogens is 162 g/mol. The van der Waals surface area contributed by atoms with Crippen LogP contribution in [0.1, 0.15) is 26.7 Å². The maximum atomic E-state index is 11.4. The molecule has 0 heterocycles. The molecule has 0 aromatic heterocycles. The zero-order valence-corrected chi connectivity index (χ0v) is 8.71. The first-order valence-corrected chi connectivity index (χ1v) is 5.36. The lowest BCUT2D eigenvalue weighted by Crippen LogP contribution is -2.30. The van der Waals surface area contributed by atoms with Gasteiger partial charge in [0.2, 0.25) is 5.91 Å². The fourth-order valence-corrected chi connectivity index (χ4v) is 3.06. The molecule has 0 spiro atoms. The minimum atomic E-state index is 0.221. The summed E-state index contributed by atoms with van der Waals surface area (Å²) in [6.45, 7) is 4.41. The first-order chi connectivity index (χ1) is 6.15. The van der Waals surface area contributed by atoms with Gasteiger partial charge in [-0.1, -0.05) is 13.8 Å². The second-order valence-electron chi connectivity index (χ2n) is 4.82. The van der Waals surface area contributed by atoms with Gasteiger partial charge in [0.1, 0.15) is 0 Å². The van der Waals surface area contributed by atoms with E-state index in [0.29, 0.717) is 5.92 Å². The maximum absolute atomic E-state index is 11.4. The predicted octanol–water partition coefficient (Wildman–Crippen LogP) is 1.66. The van der Waals surface area contributed by atoms with Crippen molar-refractivity contribution in [2.45, 2.75) is 26.7 Å². The van der Waals surface area contributed by atoms with Gasteiger partial charge in [0.05, 0.1) is 0 Å². The van der Waals surface area contributed by atoms with E-state index in [1.807, 2.05) is 0 Å². The van der Waals surface area contributed by atoms with E-state index in [4.69, 9.17) is 0 Å². The van der Waals surface area contributed by atoms with Crippen LogP contribution in [0.4, 0.5) is 0 Å². The van der Waals surface area contributed by atoms with Crippen molar-refractivity contribution in [1.82, 2.24) is 5.32 Å². The van der Waals surface area contributed by atoms with Gasteiger partial charge in [0.15, 0.2) is 0 Å². The molecule has 1 amide bonds. The summed E-state index contributed by atoms with van der Waals surface area (Å²) in [6.07, 6.45) is 2.58. The van der Waals surface area contributed by atoms with Gasteiger partial charge in [-0.15, -0.1) is 0 Å². The SMILES string of the molecule is CNC(=O)C(C)C1CC2C(C)C2C1. The summed E-state index contributed by atoms with van der Waals surface area (Å²) in [6, 6.07) is 0. The van der Waals surface area contributed by atoms with Crippen molar-refractivity contribution in [1.29, 1.82) is 0 Å². The lowest BCUT2D eigenvalue weighted by molar-refractivity contribution is -0.125. The van der Waals surface area contributed by atoms with E-state index in [-0.39, 0.29) is 11.8 Å². The highest BCUT2D eigenvalue weighted by molar-refractivity contribution is 5.78. The van der Waals surface area contributed by atoms with E-state index in [1.54, 1.807) is 7.05 Å². The van der Waals surface area contributed by atoms with Gasteiger partial charge < -0.3 is 5.32 Å². The molecule has 0 bridgehead atoms. The summed E-state index contributed by atoms with van der Waals surface area (Å²) in [5.41, 5.74) is 0. The van der Waals surface area contributed by atoms with Crippen molar-refractivity contribution in [2.24, 2.45) is 29.6 Å². The fraction of sp³-hybridized carbons (Fsp3) is 0.909. The first-order valence-electron chi connectivity index (χ1n) is 5.36. The van der Waals surface area contributed by atoms with Crippen molar-refractivity contribution in [3.63, 3.8) is 0 Å². The average Bonchev–Trinajstić information content (AvgIpc) is 2.62. The van der Waals surface area contributed by atoms with E-state index in [9.17, 15) is 4.79 Å². The molecule has 1 N–H and O–H groups in total. The van der Waals surface area contributed by atoms with Crippen LogP contribution in [-0.4, -0.2) is 13.0 Å². The monoisotopic (exact) mass is 181 g/mol. The molecule has 0 aromatic rings. The van der Waals surface area contributed by atoms with E-state index >= 15 is 0 Å². The zero-order chi connectivity index (χ0) is 9.59. The Balaban J connectivity index is 1.87. The Morgan fingerprint density at radius 2 is 1.92 bits per heavy atom. The quantitative estimate of drug-likeness (QED) is 0.689. The van der Waals surface area contributed by atoms with Gasteiger partial charge in [-0.25, -0.2) is 0 Å². The molecular formula is C11H19NO. The molecule has 0 radical (unpaired) electrons. The summed E-state index contributed by atoms with van der Waals surface area (Å²) in [5, 5.41) is 2.74. The molecule has 0 saturated heterocycles. The number of carbonyl (C=O) groups excluding carboxylic acids is 1. The molecule has 0 aliphatic heterocycles. The van der Waals surface area contributed by atoms with Crippen LogP contribution in [0.5, 0.6) is 0 Å². The van der Waals surface area contributed by atoms with Gasteiger partial charge in [-0.05, 0) is 36.5 Å². The minimum Gasteiger partial charge on any atom is -0.359 e. The molecule has 2 fully saturated rings. The molecule has 2 aliphatic carbocycles. The van der Waals surface area contributed by atoms with Gasteiger partial charge in [0, 0.05) is 13.0 Å². The maximum Gasteiger partial charge on any atom is 0.222 e. The highest BCUT2D eigenvalue weighted by Crippen LogP contribution is 2.60. The Kier molecular flexibility index (Phi) is 2.09. The average molecular weight is 181 g/mol. The van der Waals surface area contributed by atoms with Crippen LogP contribution in [0.3, 0.4) is 0 Å². The fourth-order valence-electron chi connectivity index (χ4n) is 3.06. The van der Waals surface area contributed by atoms with Gasteiger partial charge >= 0.3 is 0 Å². The number of rotatable bonds is 2. The number of hydrogen-bond donors (Lipinski definition) is 1. The van der Waals surface area contributed by atoms with E-state index in [1.165, 1.54) is 12.8 Å². The molecule has 3 atom stereocenters. The molecule has 2 aliphatic rings. The van der Waals surface area contributed by atoms with Crippen molar-refractivity contribution in [3.8, 4) is 0 Å². The summed E-state index contributed by atoms with van der Waals surface area (Å²) >= 11 is 0. The van der Waals surface area contributed by atoms with Crippen LogP contribution in [-0.2, 0) is 4.79 Å². The first kappa shape index (κ1) is 9.04. The van der Waals surface area contributed by atoms with Crippen molar-refractivity contribution < 1.29 is 4.79 Å². The van der Waals surface area contributed by atoms with Crippen LogP contribution >= 0.6 is 0 Å². The van der Waals surface area contributed by atoms with Crippen molar-refractivity contribution in [3.05, 3.63) is 0 Å². The molecule has 74 valence electrons.